The fourth-order valence-corrected chi connectivity index (χ4v) is 3.16. The molecule has 1 heterocycles. The molecule has 0 aliphatic carbocycles. The number of hydrogen-bond donors (Lipinski definition) is 0. The molecular weight excluding hydrogens is 415 g/mol. The Hall–Kier alpha value is -1.37. The highest BCUT2D eigenvalue weighted by Gasteiger charge is 2.28. The zero-order valence-electron chi connectivity index (χ0n) is 13.4. The standard InChI is InChI=1S/C20H21IO3/c21-18-11-19(23-13-17-9-5-2-6-10-17)20(24-14-18)15-22-12-16-7-3-1-4-8-16/h1-10,14,19-20H,11-13,15H2/t19-,20+/m0/s1. The largest absolute Gasteiger partial charge is 0.492 e. The molecule has 0 saturated carbocycles. The Morgan fingerprint density at radius 1 is 0.917 bits per heavy atom. The van der Waals surface area contributed by atoms with E-state index in [-0.39, 0.29) is 12.2 Å². The van der Waals surface area contributed by atoms with Crippen molar-refractivity contribution >= 4 is 22.6 Å². The van der Waals surface area contributed by atoms with Gasteiger partial charge in [-0.05, 0) is 33.7 Å². The van der Waals surface area contributed by atoms with Gasteiger partial charge in [0.1, 0.15) is 12.2 Å². The van der Waals surface area contributed by atoms with Gasteiger partial charge in [-0.15, -0.1) is 0 Å². The molecule has 0 bridgehead atoms. The molecule has 0 fully saturated rings. The maximum Gasteiger partial charge on any atom is 0.147 e. The van der Waals surface area contributed by atoms with Crippen molar-refractivity contribution in [2.75, 3.05) is 6.61 Å². The van der Waals surface area contributed by atoms with Crippen LogP contribution in [0.2, 0.25) is 0 Å². The fourth-order valence-electron chi connectivity index (χ4n) is 2.58. The second kappa shape index (κ2) is 9.20. The predicted molar refractivity (Wildman–Crippen MR) is 103 cm³/mol. The summed E-state index contributed by atoms with van der Waals surface area (Å²) in [7, 11) is 0. The summed E-state index contributed by atoms with van der Waals surface area (Å²) < 4.78 is 18.9. The van der Waals surface area contributed by atoms with Crippen LogP contribution in [-0.4, -0.2) is 18.8 Å². The number of hydrogen-bond acceptors (Lipinski definition) is 3. The minimum atomic E-state index is -0.0732. The first-order valence-corrected chi connectivity index (χ1v) is 9.16. The van der Waals surface area contributed by atoms with Crippen LogP contribution in [0.25, 0.3) is 0 Å². The van der Waals surface area contributed by atoms with E-state index in [0.29, 0.717) is 19.8 Å². The van der Waals surface area contributed by atoms with Crippen LogP contribution in [0.3, 0.4) is 0 Å². The van der Waals surface area contributed by atoms with Crippen LogP contribution in [0.5, 0.6) is 0 Å². The van der Waals surface area contributed by atoms with E-state index in [1.165, 1.54) is 14.7 Å². The lowest BCUT2D eigenvalue weighted by Crippen LogP contribution is -2.36. The molecule has 0 unspecified atom stereocenters. The van der Waals surface area contributed by atoms with E-state index in [1.54, 1.807) is 0 Å². The van der Waals surface area contributed by atoms with Gasteiger partial charge in [0.15, 0.2) is 0 Å². The highest BCUT2D eigenvalue weighted by atomic mass is 127. The van der Waals surface area contributed by atoms with Gasteiger partial charge < -0.3 is 14.2 Å². The van der Waals surface area contributed by atoms with E-state index in [9.17, 15) is 0 Å². The summed E-state index contributed by atoms with van der Waals surface area (Å²) in [4.78, 5) is 0. The van der Waals surface area contributed by atoms with Crippen molar-refractivity contribution in [1.82, 2.24) is 0 Å². The van der Waals surface area contributed by atoms with Crippen molar-refractivity contribution < 1.29 is 14.2 Å². The lowest BCUT2D eigenvalue weighted by atomic mass is 10.1. The lowest BCUT2D eigenvalue weighted by molar-refractivity contribution is -0.0918. The van der Waals surface area contributed by atoms with E-state index in [2.05, 4.69) is 46.9 Å². The van der Waals surface area contributed by atoms with Gasteiger partial charge in [-0.1, -0.05) is 60.7 Å². The highest BCUT2D eigenvalue weighted by molar-refractivity contribution is 14.1. The number of ether oxygens (including phenoxy) is 3. The number of rotatable bonds is 7. The molecule has 0 amide bonds. The lowest BCUT2D eigenvalue weighted by Gasteiger charge is -2.30. The third-order valence-electron chi connectivity index (χ3n) is 3.88. The van der Waals surface area contributed by atoms with E-state index in [4.69, 9.17) is 14.2 Å². The minimum Gasteiger partial charge on any atom is -0.492 e. The van der Waals surface area contributed by atoms with Crippen LogP contribution in [0.1, 0.15) is 17.5 Å². The van der Waals surface area contributed by atoms with Gasteiger partial charge in [-0.25, -0.2) is 0 Å². The topological polar surface area (TPSA) is 27.7 Å². The summed E-state index contributed by atoms with van der Waals surface area (Å²) in [5.41, 5.74) is 2.34. The van der Waals surface area contributed by atoms with Gasteiger partial charge in [-0.3, -0.25) is 0 Å². The Kier molecular flexibility index (Phi) is 6.69. The Morgan fingerprint density at radius 2 is 1.54 bits per heavy atom. The SMILES string of the molecule is IC1=CO[C@H](COCc2ccccc2)[C@@H](OCc2ccccc2)C1. The maximum absolute atomic E-state index is 6.10. The molecule has 0 N–H and O–H groups in total. The van der Waals surface area contributed by atoms with Crippen molar-refractivity contribution in [2.24, 2.45) is 0 Å². The Labute approximate surface area is 156 Å². The average molecular weight is 436 g/mol. The zero-order valence-corrected chi connectivity index (χ0v) is 15.6. The second-order valence-corrected chi connectivity index (χ2v) is 7.16. The zero-order chi connectivity index (χ0) is 16.6. The smallest absolute Gasteiger partial charge is 0.147 e. The maximum atomic E-state index is 6.10. The second-order valence-electron chi connectivity index (χ2n) is 5.78. The molecule has 0 radical (unpaired) electrons. The van der Waals surface area contributed by atoms with Crippen molar-refractivity contribution in [3.05, 3.63) is 81.6 Å². The third-order valence-corrected chi connectivity index (χ3v) is 4.58. The summed E-state index contributed by atoms with van der Waals surface area (Å²) in [6.45, 7) is 1.70. The van der Waals surface area contributed by atoms with E-state index < -0.39 is 0 Å². The molecule has 0 spiro atoms. The molecule has 0 aromatic heterocycles. The van der Waals surface area contributed by atoms with E-state index >= 15 is 0 Å². The van der Waals surface area contributed by atoms with Gasteiger partial charge in [0.2, 0.25) is 0 Å². The van der Waals surface area contributed by atoms with Crippen LogP contribution in [0.4, 0.5) is 0 Å². The first-order valence-electron chi connectivity index (χ1n) is 8.08. The average Bonchev–Trinajstić information content (AvgIpc) is 2.63. The third kappa shape index (κ3) is 5.33. The Bertz CT molecular complexity index is 642. The highest BCUT2D eigenvalue weighted by Crippen LogP contribution is 2.26. The van der Waals surface area contributed by atoms with Gasteiger partial charge in [0, 0.05) is 10.0 Å². The monoisotopic (exact) mass is 436 g/mol. The summed E-state index contributed by atoms with van der Waals surface area (Å²) >= 11 is 2.30. The molecule has 3 rings (SSSR count). The summed E-state index contributed by atoms with van der Waals surface area (Å²) in [5, 5.41) is 0. The molecule has 1 aliphatic heterocycles. The van der Waals surface area contributed by atoms with E-state index in [1.807, 2.05) is 42.7 Å². The fraction of sp³-hybridized carbons (Fsp3) is 0.300. The van der Waals surface area contributed by atoms with Gasteiger partial charge in [0.25, 0.3) is 0 Å². The molecule has 24 heavy (non-hydrogen) atoms. The van der Waals surface area contributed by atoms with Crippen LogP contribution in [-0.2, 0) is 27.4 Å². The summed E-state index contributed by atoms with van der Waals surface area (Å²) in [5.74, 6) is 0. The van der Waals surface area contributed by atoms with Crippen molar-refractivity contribution in [2.45, 2.75) is 31.8 Å². The quantitative estimate of drug-likeness (QED) is 0.581. The van der Waals surface area contributed by atoms with E-state index in [0.717, 1.165) is 6.42 Å². The number of benzene rings is 2. The van der Waals surface area contributed by atoms with Gasteiger partial charge in [-0.2, -0.15) is 0 Å². The molecule has 1 aliphatic rings. The van der Waals surface area contributed by atoms with Crippen LogP contribution in [0.15, 0.2) is 70.5 Å². The Morgan fingerprint density at radius 3 is 2.21 bits per heavy atom. The summed E-state index contributed by atoms with van der Waals surface area (Å²) in [6, 6.07) is 20.4. The molecule has 0 saturated heterocycles. The van der Waals surface area contributed by atoms with Crippen molar-refractivity contribution in [3.8, 4) is 0 Å². The molecule has 4 heteroatoms. The first kappa shape index (κ1) is 17.5. The van der Waals surface area contributed by atoms with Crippen molar-refractivity contribution in [3.63, 3.8) is 0 Å². The van der Waals surface area contributed by atoms with Crippen LogP contribution < -0.4 is 0 Å². The molecular formula is C20H21IO3. The molecule has 2 atom stereocenters. The molecule has 2 aromatic carbocycles. The molecule has 126 valence electrons. The number of halogens is 1. The minimum absolute atomic E-state index is 0.0119. The molecule has 2 aromatic rings. The van der Waals surface area contributed by atoms with Crippen molar-refractivity contribution in [1.29, 1.82) is 0 Å². The normalized spacial score (nSPS) is 20.3. The van der Waals surface area contributed by atoms with Crippen LogP contribution in [0, 0.1) is 0 Å². The first-order chi connectivity index (χ1) is 11.8. The molecule has 3 nitrogen and oxygen atoms in total. The summed E-state index contributed by atoms with van der Waals surface area (Å²) in [6.07, 6.45) is 2.63. The predicted octanol–water partition coefficient (Wildman–Crippen LogP) is 4.85. The van der Waals surface area contributed by atoms with Gasteiger partial charge in [0.05, 0.1) is 26.1 Å². The van der Waals surface area contributed by atoms with Gasteiger partial charge >= 0.3 is 0 Å². The Balaban J connectivity index is 1.51. The van der Waals surface area contributed by atoms with Crippen LogP contribution >= 0.6 is 22.6 Å².